The summed E-state index contributed by atoms with van der Waals surface area (Å²) in [5, 5.41) is 11.5. The molecule has 0 N–H and O–H groups in total. The van der Waals surface area contributed by atoms with Crippen molar-refractivity contribution < 1.29 is 4.79 Å². The predicted molar refractivity (Wildman–Crippen MR) is 179 cm³/mol. The first-order valence-corrected chi connectivity index (χ1v) is 15.5. The van der Waals surface area contributed by atoms with Crippen LogP contribution in [0, 0.1) is 13.8 Å². The molecule has 0 spiro atoms. The van der Waals surface area contributed by atoms with Gasteiger partial charge in [-0.3, -0.25) is 4.79 Å². The Morgan fingerprint density at radius 1 is 0.837 bits per heavy atom. The fraction of sp³-hybridized carbons (Fsp3) is 0.162. The van der Waals surface area contributed by atoms with Crippen LogP contribution in [0.1, 0.15) is 42.0 Å². The van der Waals surface area contributed by atoms with Crippen LogP contribution in [0.15, 0.2) is 125 Å². The molecule has 0 radical (unpaired) electrons. The number of aryl methyl sites for hydroxylation is 2. The minimum atomic E-state index is -0.142. The number of para-hydroxylation sites is 2. The Bertz CT molecular complexity index is 1820. The second-order valence-corrected chi connectivity index (χ2v) is 12.1. The lowest BCUT2D eigenvalue weighted by atomic mass is 9.94. The summed E-state index contributed by atoms with van der Waals surface area (Å²) in [6.45, 7) is 8.59. The molecule has 0 unspecified atom stereocenters. The quantitative estimate of drug-likeness (QED) is 0.136. The van der Waals surface area contributed by atoms with Gasteiger partial charge in [-0.2, -0.15) is 15.2 Å². The van der Waals surface area contributed by atoms with Gasteiger partial charge in [-0.15, -0.1) is 11.8 Å². The molecule has 4 aromatic carbocycles. The first-order chi connectivity index (χ1) is 20.9. The van der Waals surface area contributed by atoms with Crippen LogP contribution in [0.5, 0.6) is 0 Å². The summed E-state index contributed by atoms with van der Waals surface area (Å²) in [4.78, 5) is 15.2. The topological polar surface area (TPSA) is 50.5 Å². The van der Waals surface area contributed by atoms with Gasteiger partial charge in [-0.1, -0.05) is 80.1 Å². The maximum absolute atomic E-state index is 14.0. The minimum absolute atomic E-state index is 0.142. The van der Waals surface area contributed by atoms with Crippen molar-refractivity contribution in [1.29, 1.82) is 0 Å². The highest BCUT2D eigenvalue weighted by molar-refractivity contribution is 8.00. The molecule has 1 amide bonds. The van der Waals surface area contributed by atoms with E-state index in [-0.39, 0.29) is 5.91 Å². The van der Waals surface area contributed by atoms with Crippen LogP contribution in [-0.4, -0.2) is 27.2 Å². The summed E-state index contributed by atoms with van der Waals surface area (Å²) in [5.74, 6) is 0.802. The van der Waals surface area contributed by atoms with Gasteiger partial charge >= 0.3 is 0 Å². The SMILES string of the molecule is Cc1ccc(SCC2=NN(c3ccccc3)C(=O)C2=Cc2cn(-c3ccccc3)nc2-c2cc(C(C)C)ccc2C)cc1. The maximum Gasteiger partial charge on any atom is 0.280 e. The smallest absolute Gasteiger partial charge is 0.267 e. The lowest BCUT2D eigenvalue weighted by Gasteiger charge is -2.11. The summed E-state index contributed by atoms with van der Waals surface area (Å²) in [6, 6.07) is 34.7. The van der Waals surface area contributed by atoms with Crippen LogP contribution in [0.2, 0.25) is 0 Å². The first kappa shape index (κ1) is 28.4. The van der Waals surface area contributed by atoms with E-state index in [1.807, 2.05) is 77.6 Å². The third-order valence-corrected chi connectivity index (χ3v) is 8.62. The van der Waals surface area contributed by atoms with Crippen LogP contribution in [0.4, 0.5) is 5.69 Å². The summed E-state index contributed by atoms with van der Waals surface area (Å²) >= 11 is 1.68. The van der Waals surface area contributed by atoms with E-state index in [9.17, 15) is 4.79 Å². The van der Waals surface area contributed by atoms with Gasteiger partial charge in [0.15, 0.2) is 0 Å². The highest BCUT2D eigenvalue weighted by Crippen LogP contribution is 2.34. The molecule has 1 aromatic heterocycles. The standard InChI is InChI=1S/C37H34N4OS/c1-25(2)28-18-17-27(4)33(21-28)36-29(23-40(39-36)30-11-7-5-8-12-30)22-34-35(24-43-32-19-15-26(3)16-20-32)38-41(37(34)42)31-13-9-6-10-14-31/h5-23,25H,24H2,1-4H3. The number of hydrogen-bond acceptors (Lipinski definition) is 4. The van der Waals surface area contributed by atoms with Crippen molar-refractivity contribution in [2.24, 2.45) is 5.10 Å². The zero-order valence-electron chi connectivity index (χ0n) is 24.9. The Morgan fingerprint density at radius 2 is 1.51 bits per heavy atom. The van der Waals surface area contributed by atoms with Crippen LogP contribution in [-0.2, 0) is 4.79 Å². The molecule has 0 saturated heterocycles. The second kappa shape index (κ2) is 12.3. The van der Waals surface area contributed by atoms with Gasteiger partial charge < -0.3 is 0 Å². The van der Waals surface area contributed by atoms with Gasteiger partial charge in [-0.05, 0) is 79.4 Å². The lowest BCUT2D eigenvalue weighted by Crippen LogP contribution is -2.21. The molecule has 0 fully saturated rings. The van der Waals surface area contributed by atoms with Crippen molar-refractivity contribution in [1.82, 2.24) is 9.78 Å². The Balaban J connectivity index is 1.47. The number of hydrogen-bond donors (Lipinski definition) is 0. The summed E-state index contributed by atoms with van der Waals surface area (Å²) in [6.07, 6.45) is 3.99. The number of carbonyl (C=O) groups is 1. The number of thioether (sulfide) groups is 1. The summed E-state index contributed by atoms with van der Waals surface area (Å²) in [5.41, 5.74) is 9.40. The molecular weight excluding hydrogens is 549 g/mol. The molecule has 6 rings (SSSR count). The van der Waals surface area contributed by atoms with Crippen LogP contribution in [0.25, 0.3) is 23.0 Å². The first-order valence-electron chi connectivity index (χ1n) is 14.5. The molecule has 5 nitrogen and oxygen atoms in total. The molecule has 1 aliphatic heterocycles. The van der Waals surface area contributed by atoms with E-state index in [0.717, 1.165) is 44.4 Å². The second-order valence-electron chi connectivity index (χ2n) is 11.1. The van der Waals surface area contributed by atoms with Gasteiger partial charge in [0.1, 0.15) is 5.69 Å². The van der Waals surface area contributed by atoms with Crippen molar-refractivity contribution in [2.75, 3.05) is 10.8 Å². The van der Waals surface area contributed by atoms with Crippen molar-refractivity contribution in [2.45, 2.75) is 38.5 Å². The predicted octanol–water partition coefficient (Wildman–Crippen LogP) is 8.86. The molecule has 6 heteroatoms. The molecular formula is C37H34N4OS. The van der Waals surface area contributed by atoms with E-state index < -0.39 is 0 Å². The highest BCUT2D eigenvalue weighted by Gasteiger charge is 2.32. The van der Waals surface area contributed by atoms with Gasteiger partial charge in [0.25, 0.3) is 5.91 Å². The lowest BCUT2D eigenvalue weighted by molar-refractivity contribution is -0.114. The Labute approximate surface area is 257 Å². The largest absolute Gasteiger partial charge is 0.280 e. The molecule has 0 saturated carbocycles. The molecule has 2 heterocycles. The fourth-order valence-electron chi connectivity index (χ4n) is 5.06. The average molecular weight is 583 g/mol. The molecule has 43 heavy (non-hydrogen) atoms. The van der Waals surface area contributed by atoms with Crippen molar-refractivity contribution in [3.8, 4) is 16.9 Å². The maximum atomic E-state index is 14.0. The van der Waals surface area contributed by atoms with E-state index in [1.54, 1.807) is 11.8 Å². The molecule has 0 aliphatic carbocycles. The number of benzene rings is 4. The van der Waals surface area contributed by atoms with Gasteiger partial charge in [0.2, 0.25) is 0 Å². The van der Waals surface area contributed by atoms with Gasteiger partial charge in [0.05, 0.1) is 22.7 Å². The van der Waals surface area contributed by atoms with Crippen LogP contribution >= 0.6 is 11.8 Å². The van der Waals surface area contributed by atoms with E-state index in [1.165, 1.54) is 16.1 Å². The Kier molecular flexibility index (Phi) is 8.12. The summed E-state index contributed by atoms with van der Waals surface area (Å²) in [7, 11) is 0. The number of carbonyl (C=O) groups excluding carboxylic acids is 1. The van der Waals surface area contributed by atoms with Crippen LogP contribution < -0.4 is 5.01 Å². The molecule has 0 bridgehead atoms. The van der Waals surface area contributed by atoms with E-state index in [2.05, 4.69) is 70.2 Å². The Morgan fingerprint density at radius 3 is 2.19 bits per heavy atom. The monoisotopic (exact) mass is 582 g/mol. The fourth-order valence-corrected chi connectivity index (χ4v) is 5.91. The van der Waals surface area contributed by atoms with Gasteiger partial charge in [-0.25, -0.2) is 4.68 Å². The van der Waals surface area contributed by atoms with Crippen molar-refractivity contribution >= 4 is 35.1 Å². The van der Waals surface area contributed by atoms with E-state index >= 15 is 0 Å². The number of rotatable bonds is 8. The zero-order chi connectivity index (χ0) is 29.9. The van der Waals surface area contributed by atoms with E-state index in [0.29, 0.717) is 17.2 Å². The average Bonchev–Trinajstić information content (AvgIpc) is 3.59. The molecule has 0 atom stereocenters. The number of hydrazone groups is 1. The zero-order valence-corrected chi connectivity index (χ0v) is 25.7. The Hall–Kier alpha value is -4.68. The molecule has 214 valence electrons. The van der Waals surface area contributed by atoms with Crippen molar-refractivity contribution in [3.05, 3.63) is 137 Å². The molecule has 5 aromatic rings. The number of amides is 1. The number of aromatic nitrogens is 2. The number of nitrogens with zero attached hydrogens (tertiary/aromatic N) is 4. The van der Waals surface area contributed by atoms with E-state index in [4.69, 9.17) is 10.2 Å². The van der Waals surface area contributed by atoms with Crippen molar-refractivity contribution in [3.63, 3.8) is 0 Å². The minimum Gasteiger partial charge on any atom is -0.267 e. The molecule has 1 aliphatic rings. The normalized spacial score (nSPS) is 14.2. The van der Waals surface area contributed by atoms with Gasteiger partial charge in [0, 0.05) is 28.0 Å². The highest BCUT2D eigenvalue weighted by atomic mass is 32.2. The third kappa shape index (κ3) is 6.11. The number of anilines is 1. The van der Waals surface area contributed by atoms with Crippen LogP contribution in [0.3, 0.4) is 0 Å². The summed E-state index contributed by atoms with van der Waals surface area (Å²) < 4.78 is 1.90. The third-order valence-electron chi connectivity index (χ3n) is 7.60.